The summed E-state index contributed by atoms with van der Waals surface area (Å²) < 4.78 is 4.53. The summed E-state index contributed by atoms with van der Waals surface area (Å²) in [4.78, 5) is 33.3. The summed E-state index contributed by atoms with van der Waals surface area (Å²) in [6.45, 7) is 0. The smallest absolute Gasteiger partial charge is 0.337 e. The summed E-state index contributed by atoms with van der Waals surface area (Å²) in [5.41, 5.74) is 0.841. The van der Waals surface area contributed by atoms with Gasteiger partial charge in [-0.2, -0.15) is 0 Å². The number of anilines is 1. The Kier molecular flexibility index (Phi) is 5.47. The highest BCUT2D eigenvalue weighted by molar-refractivity contribution is 6.03. The quantitative estimate of drug-likeness (QED) is 0.283. The molecule has 0 atom stereocenters. The number of nitrogens with one attached hydrogen (secondary N) is 1. The van der Waals surface area contributed by atoms with Crippen molar-refractivity contribution < 1.29 is 24.4 Å². The van der Waals surface area contributed by atoms with Gasteiger partial charge in [-0.3, -0.25) is 14.9 Å². The lowest BCUT2D eigenvalue weighted by atomic mass is 10.2. The number of rotatable bonds is 5. The van der Waals surface area contributed by atoms with Gasteiger partial charge in [0.05, 0.1) is 23.3 Å². The first kappa shape index (κ1) is 17.7. The molecule has 2 aromatic rings. The van der Waals surface area contributed by atoms with Crippen molar-refractivity contribution in [1.29, 1.82) is 0 Å². The van der Waals surface area contributed by atoms with Crippen molar-refractivity contribution in [2.24, 2.45) is 0 Å². The predicted octanol–water partition coefficient (Wildman–Crippen LogP) is 2.74. The maximum absolute atomic E-state index is 11.9. The van der Waals surface area contributed by atoms with Crippen LogP contribution in [0.15, 0.2) is 48.5 Å². The lowest BCUT2D eigenvalue weighted by molar-refractivity contribution is -0.384. The number of ether oxygens (including phenoxy) is 1. The summed E-state index contributed by atoms with van der Waals surface area (Å²) >= 11 is 0. The van der Waals surface area contributed by atoms with Gasteiger partial charge in [-0.05, 0) is 42.0 Å². The van der Waals surface area contributed by atoms with Crippen LogP contribution < -0.4 is 5.32 Å². The zero-order chi connectivity index (χ0) is 18.4. The van der Waals surface area contributed by atoms with E-state index in [0.29, 0.717) is 5.56 Å². The second-order valence-corrected chi connectivity index (χ2v) is 4.89. The number of phenols is 1. The van der Waals surface area contributed by atoms with Crippen LogP contribution in [0.2, 0.25) is 0 Å². The number of methoxy groups -OCH3 is 1. The van der Waals surface area contributed by atoms with Gasteiger partial charge in [0.15, 0.2) is 0 Å². The fourth-order valence-electron chi connectivity index (χ4n) is 1.94. The van der Waals surface area contributed by atoms with E-state index in [2.05, 4.69) is 10.1 Å². The predicted molar refractivity (Wildman–Crippen MR) is 90.2 cm³/mol. The van der Waals surface area contributed by atoms with E-state index in [1.807, 2.05) is 0 Å². The van der Waals surface area contributed by atoms with Gasteiger partial charge in [-0.1, -0.05) is 0 Å². The Morgan fingerprint density at radius 3 is 2.44 bits per heavy atom. The zero-order valence-corrected chi connectivity index (χ0v) is 13.1. The molecule has 2 N–H and O–H groups in total. The summed E-state index contributed by atoms with van der Waals surface area (Å²) in [6.07, 6.45) is 2.69. The van der Waals surface area contributed by atoms with E-state index in [1.54, 1.807) is 0 Å². The molecule has 0 bridgehead atoms. The van der Waals surface area contributed by atoms with Crippen molar-refractivity contribution in [3.63, 3.8) is 0 Å². The van der Waals surface area contributed by atoms with Crippen molar-refractivity contribution in [2.75, 3.05) is 12.4 Å². The minimum absolute atomic E-state index is 0.0442. The first-order chi connectivity index (χ1) is 11.9. The number of non-ortho nitro benzene ring substituents is 1. The molecule has 2 rings (SSSR count). The molecule has 0 saturated heterocycles. The first-order valence-corrected chi connectivity index (χ1v) is 7.05. The monoisotopic (exact) mass is 342 g/mol. The molecule has 128 valence electrons. The largest absolute Gasteiger partial charge is 0.506 e. The normalized spacial score (nSPS) is 10.4. The van der Waals surface area contributed by atoms with Crippen LogP contribution in [-0.2, 0) is 9.53 Å². The Morgan fingerprint density at radius 2 is 1.88 bits per heavy atom. The number of nitro groups is 1. The number of hydrogen-bond acceptors (Lipinski definition) is 6. The van der Waals surface area contributed by atoms with Crippen LogP contribution in [0.4, 0.5) is 11.4 Å². The van der Waals surface area contributed by atoms with E-state index in [4.69, 9.17) is 0 Å². The summed E-state index contributed by atoms with van der Waals surface area (Å²) in [5.74, 6) is -1.40. The number of phenolic OH excluding ortho intramolecular Hbond substituents is 1. The van der Waals surface area contributed by atoms with Crippen molar-refractivity contribution in [1.82, 2.24) is 0 Å². The molecule has 25 heavy (non-hydrogen) atoms. The Balaban J connectivity index is 2.04. The van der Waals surface area contributed by atoms with E-state index in [-0.39, 0.29) is 22.7 Å². The fraction of sp³-hybridized carbons (Fsp3) is 0.0588. The molecule has 1 amide bonds. The molecule has 0 unspecified atom stereocenters. The number of hydrogen-bond donors (Lipinski definition) is 2. The third-order valence-corrected chi connectivity index (χ3v) is 3.21. The van der Waals surface area contributed by atoms with Gasteiger partial charge >= 0.3 is 5.97 Å². The summed E-state index contributed by atoms with van der Waals surface area (Å²) in [5, 5.41) is 22.9. The van der Waals surface area contributed by atoms with Crippen LogP contribution in [0.5, 0.6) is 5.75 Å². The number of nitro benzene ring substituents is 1. The van der Waals surface area contributed by atoms with Crippen LogP contribution in [-0.4, -0.2) is 29.0 Å². The third kappa shape index (κ3) is 4.64. The van der Waals surface area contributed by atoms with Crippen LogP contribution in [0.1, 0.15) is 15.9 Å². The number of aromatic hydroxyl groups is 1. The first-order valence-electron chi connectivity index (χ1n) is 7.05. The molecular weight excluding hydrogens is 328 g/mol. The van der Waals surface area contributed by atoms with Gasteiger partial charge in [-0.15, -0.1) is 0 Å². The molecule has 0 saturated carbocycles. The van der Waals surface area contributed by atoms with Gasteiger partial charge in [0.1, 0.15) is 5.75 Å². The number of amides is 1. The molecule has 8 nitrogen and oxygen atoms in total. The van der Waals surface area contributed by atoms with E-state index >= 15 is 0 Å². The summed E-state index contributed by atoms with van der Waals surface area (Å²) in [7, 11) is 1.22. The minimum atomic E-state index is -0.605. The maximum Gasteiger partial charge on any atom is 0.337 e. The molecule has 0 radical (unpaired) electrons. The minimum Gasteiger partial charge on any atom is -0.506 e. The van der Waals surface area contributed by atoms with Crippen LogP contribution >= 0.6 is 0 Å². The zero-order valence-electron chi connectivity index (χ0n) is 13.1. The maximum atomic E-state index is 11.9. The van der Waals surface area contributed by atoms with Gasteiger partial charge < -0.3 is 15.2 Å². The van der Waals surface area contributed by atoms with Gasteiger partial charge in [-0.25, -0.2) is 4.79 Å². The third-order valence-electron chi connectivity index (χ3n) is 3.21. The molecule has 0 heterocycles. The van der Waals surface area contributed by atoms with Gasteiger partial charge in [0.25, 0.3) is 5.69 Å². The van der Waals surface area contributed by atoms with Gasteiger partial charge in [0.2, 0.25) is 5.91 Å². The molecule has 0 aliphatic heterocycles. The van der Waals surface area contributed by atoms with E-state index < -0.39 is 16.8 Å². The Hall–Kier alpha value is -3.68. The number of esters is 1. The van der Waals surface area contributed by atoms with E-state index in [9.17, 15) is 24.8 Å². The lowest BCUT2D eigenvalue weighted by Gasteiger charge is -2.06. The molecule has 0 aliphatic rings. The van der Waals surface area contributed by atoms with Crippen LogP contribution in [0, 0.1) is 10.1 Å². The fourth-order valence-corrected chi connectivity index (χ4v) is 1.94. The SMILES string of the molecule is COC(=O)c1ccc(NC(=O)/C=C/c2ccc([N+](=O)[O-])cc2)c(O)c1. The second kappa shape index (κ2) is 7.73. The molecule has 8 heteroatoms. The average Bonchev–Trinajstić information content (AvgIpc) is 2.61. The lowest BCUT2D eigenvalue weighted by Crippen LogP contribution is -2.08. The molecule has 0 aliphatic carbocycles. The van der Waals surface area contributed by atoms with Gasteiger partial charge in [0, 0.05) is 18.2 Å². The highest BCUT2D eigenvalue weighted by Crippen LogP contribution is 2.24. The Bertz CT molecular complexity index is 843. The van der Waals surface area contributed by atoms with Crippen molar-refractivity contribution in [2.45, 2.75) is 0 Å². The highest BCUT2D eigenvalue weighted by Gasteiger charge is 2.10. The molecular formula is C17H14N2O6. The molecule has 0 fully saturated rings. The number of benzene rings is 2. The van der Waals surface area contributed by atoms with E-state index in [0.717, 1.165) is 0 Å². The van der Waals surface area contributed by atoms with Crippen molar-refractivity contribution in [3.8, 4) is 5.75 Å². The molecule has 2 aromatic carbocycles. The van der Waals surface area contributed by atoms with Crippen molar-refractivity contribution >= 4 is 29.3 Å². The molecule has 0 spiro atoms. The Labute approximate surface area is 142 Å². The number of nitrogens with zero attached hydrogens (tertiary/aromatic N) is 1. The van der Waals surface area contributed by atoms with E-state index in [1.165, 1.54) is 61.7 Å². The van der Waals surface area contributed by atoms with Crippen molar-refractivity contribution in [3.05, 3.63) is 69.8 Å². The highest BCUT2D eigenvalue weighted by atomic mass is 16.6. The topological polar surface area (TPSA) is 119 Å². The number of carbonyl (C=O) groups excluding carboxylic acids is 2. The standard InChI is InChI=1S/C17H14N2O6/c1-25-17(22)12-5-8-14(15(20)10-12)18-16(21)9-4-11-2-6-13(7-3-11)19(23)24/h2-10,20H,1H3,(H,18,21)/b9-4+. The average molecular weight is 342 g/mol. The van der Waals surface area contributed by atoms with Crippen LogP contribution in [0.3, 0.4) is 0 Å². The molecule has 0 aromatic heterocycles. The Morgan fingerprint density at radius 1 is 1.20 bits per heavy atom. The van der Waals surface area contributed by atoms with Crippen LogP contribution in [0.25, 0.3) is 6.08 Å². The number of carbonyl (C=O) groups is 2. The second-order valence-electron chi connectivity index (χ2n) is 4.89. The summed E-state index contributed by atoms with van der Waals surface area (Å²) in [6, 6.07) is 9.63.